The van der Waals surface area contributed by atoms with Crippen LogP contribution in [0.3, 0.4) is 0 Å². The third-order valence-electron chi connectivity index (χ3n) is 4.31. The van der Waals surface area contributed by atoms with Crippen LogP contribution >= 0.6 is 0 Å². The number of carbonyl (C=O) groups is 1. The van der Waals surface area contributed by atoms with Crippen molar-refractivity contribution in [2.75, 3.05) is 6.54 Å². The Bertz CT molecular complexity index is 992. The molecule has 0 spiro atoms. The SMILES string of the molecule is N#CCN(Cc1ccccc1)C(=O)/C=C/c1cccc(OCc2ccccc2)c1. The molecule has 0 radical (unpaired) electrons. The molecule has 4 heteroatoms. The zero-order chi connectivity index (χ0) is 20.3. The monoisotopic (exact) mass is 382 g/mol. The summed E-state index contributed by atoms with van der Waals surface area (Å²) in [4.78, 5) is 14.1. The van der Waals surface area contributed by atoms with Gasteiger partial charge in [-0.15, -0.1) is 0 Å². The van der Waals surface area contributed by atoms with E-state index in [4.69, 9.17) is 10.00 Å². The van der Waals surface area contributed by atoms with E-state index in [1.165, 1.54) is 11.0 Å². The third kappa shape index (κ3) is 6.37. The second-order valence-corrected chi connectivity index (χ2v) is 6.52. The molecule has 0 bridgehead atoms. The van der Waals surface area contributed by atoms with Crippen molar-refractivity contribution in [3.8, 4) is 11.8 Å². The van der Waals surface area contributed by atoms with Crippen LogP contribution in [0.25, 0.3) is 6.08 Å². The molecule has 4 nitrogen and oxygen atoms in total. The maximum absolute atomic E-state index is 12.6. The molecule has 0 saturated heterocycles. The van der Waals surface area contributed by atoms with Gasteiger partial charge in [0.25, 0.3) is 0 Å². The summed E-state index contributed by atoms with van der Waals surface area (Å²) in [5.74, 6) is 0.535. The van der Waals surface area contributed by atoms with Gasteiger partial charge < -0.3 is 9.64 Å². The molecule has 0 aliphatic carbocycles. The van der Waals surface area contributed by atoms with Crippen molar-refractivity contribution >= 4 is 12.0 Å². The topological polar surface area (TPSA) is 53.3 Å². The summed E-state index contributed by atoms with van der Waals surface area (Å²) in [5, 5.41) is 9.05. The number of rotatable bonds is 8. The van der Waals surface area contributed by atoms with Gasteiger partial charge in [-0.2, -0.15) is 5.26 Å². The Hall–Kier alpha value is -3.84. The molecule has 29 heavy (non-hydrogen) atoms. The van der Waals surface area contributed by atoms with Crippen molar-refractivity contribution in [3.63, 3.8) is 0 Å². The van der Waals surface area contributed by atoms with Crippen LogP contribution in [-0.4, -0.2) is 17.4 Å². The number of hydrogen-bond donors (Lipinski definition) is 0. The van der Waals surface area contributed by atoms with E-state index in [-0.39, 0.29) is 12.5 Å². The smallest absolute Gasteiger partial charge is 0.247 e. The van der Waals surface area contributed by atoms with Crippen molar-refractivity contribution in [2.24, 2.45) is 0 Å². The van der Waals surface area contributed by atoms with Crippen molar-refractivity contribution < 1.29 is 9.53 Å². The van der Waals surface area contributed by atoms with Crippen LogP contribution in [0, 0.1) is 11.3 Å². The lowest BCUT2D eigenvalue weighted by molar-refractivity contribution is -0.125. The molecule has 0 aromatic heterocycles. The van der Waals surface area contributed by atoms with Gasteiger partial charge in [0.1, 0.15) is 18.9 Å². The number of amides is 1. The lowest BCUT2D eigenvalue weighted by Gasteiger charge is -2.17. The molecule has 0 aliphatic heterocycles. The van der Waals surface area contributed by atoms with Gasteiger partial charge in [-0.1, -0.05) is 72.8 Å². The average molecular weight is 382 g/mol. The second-order valence-electron chi connectivity index (χ2n) is 6.52. The van der Waals surface area contributed by atoms with Gasteiger partial charge in [0.2, 0.25) is 5.91 Å². The Morgan fingerprint density at radius 3 is 2.31 bits per heavy atom. The number of nitrogens with zero attached hydrogens (tertiary/aromatic N) is 2. The molecule has 0 heterocycles. The fourth-order valence-electron chi connectivity index (χ4n) is 2.82. The van der Waals surface area contributed by atoms with Crippen molar-refractivity contribution in [3.05, 3.63) is 108 Å². The third-order valence-corrected chi connectivity index (χ3v) is 4.31. The lowest BCUT2D eigenvalue weighted by atomic mass is 10.2. The first-order valence-electron chi connectivity index (χ1n) is 9.39. The molecule has 0 unspecified atom stereocenters. The van der Waals surface area contributed by atoms with Crippen LogP contribution in [-0.2, 0) is 17.9 Å². The van der Waals surface area contributed by atoms with E-state index in [1.807, 2.05) is 84.9 Å². The van der Waals surface area contributed by atoms with Gasteiger partial charge in [0, 0.05) is 12.6 Å². The molecule has 0 fully saturated rings. The van der Waals surface area contributed by atoms with Crippen LogP contribution in [0.5, 0.6) is 5.75 Å². The summed E-state index contributed by atoms with van der Waals surface area (Å²) in [6, 6.07) is 29.2. The Morgan fingerprint density at radius 1 is 0.931 bits per heavy atom. The van der Waals surface area contributed by atoms with Crippen molar-refractivity contribution in [1.29, 1.82) is 5.26 Å². The number of ether oxygens (including phenoxy) is 1. The van der Waals surface area contributed by atoms with E-state index in [0.717, 1.165) is 22.4 Å². The second kappa shape index (κ2) is 10.5. The Kier molecular flexibility index (Phi) is 7.20. The highest BCUT2D eigenvalue weighted by atomic mass is 16.5. The van der Waals surface area contributed by atoms with Gasteiger partial charge in [-0.05, 0) is 34.9 Å². The fraction of sp³-hybridized carbons (Fsp3) is 0.120. The average Bonchev–Trinajstić information content (AvgIpc) is 2.77. The molecule has 3 aromatic rings. The first-order chi connectivity index (χ1) is 14.2. The minimum Gasteiger partial charge on any atom is -0.489 e. The summed E-state index contributed by atoms with van der Waals surface area (Å²) in [5.41, 5.74) is 2.94. The number of benzene rings is 3. The van der Waals surface area contributed by atoms with E-state index < -0.39 is 0 Å². The van der Waals surface area contributed by atoms with Gasteiger partial charge in [0.05, 0.1) is 6.07 Å². The molecular formula is C25H22N2O2. The predicted octanol–water partition coefficient (Wildman–Crippen LogP) is 4.83. The molecule has 0 saturated carbocycles. The number of carbonyl (C=O) groups excluding carboxylic acids is 1. The molecular weight excluding hydrogens is 360 g/mol. The van der Waals surface area contributed by atoms with Crippen LogP contribution in [0.4, 0.5) is 0 Å². The fourth-order valence-corrected chi connectivity index (χ4v) is 2.82. The van der Waals surface area contributed by atoms with Gasteiger partial charge in [-0.3, -0.25) is 4.79 Å². The first-order valence-corrected chi connectivity index (χ1v) is 9.39. The van der Waals surface area contributed by atoms with Crippen LogP contribution < -0.4 is 4.74 Å². The summed E-state index contributed by atoms with van der Waals surface area (Å²) in [6.07, 6.45) is 3.24. The maximum Gasteiger partial charge on any atom is 0.247 e. The Morgan fingerprint density at radius 2 is 1.62 bits per heavy atom. The summed E-state index contributed by atoms with van der Waals surface area (Å²) < 4.78 is 5.83. The zero-order valence-electron chi connectivity index (χ0n) is 16.1. The predicted molar refractivity (Wildman–Crippen MR) is 114 cm³/mol. The first kappa shape index (κ1) is 19.9. The van der Waals surface area contributed by atoms with E-state index >= 15 is 0 Å². The number of nitriles is 1. The summed E-state index contributed by atoms with van der Waals surface area (Å²) >= 11 is 0. The summed E-state index contributed by atoms with van der Waals surface area (Å²) in [7, 11) is 0. The summed E-state index contributed by atoms with van der Waals surface area (Å²) in [6.45, 7) is 0.927. The minimum absolute atomic E-state index is 0.0400. The highest BCUT2D eigenvalue weighted by Gasteiger charge is 2.10. The molecule has 0 aliphatic rings. The van der Waals surface area contributed by atoms with Crippen LogP contribution in [0.1, 0.15) is 16.7 Å². The Labute approximate surface area is 171 Å². The Balaban J connectivity index is 1.63. The molecule has 1 amide bonds. The molecule has 0 atom stereocenters. The largest absolute Gasteiger partial charge is 0.489 e. The lowest BCUT2D eigenvalue weighted by Crippen LogP contribution is -2.29. The van der Waals surface area contributed by atoms with Gasteiger partial charge in [0.15, 0.2) is 0 Å². The van der Waals surface area contributed by atoms with Gasteiger partial charge in [-0.25, -0.2) is 0 Å². The van der Waals surface area contributed by atoms with E-state index in [9.17, 15) is 4.79 Å². The maximum atomic E-state index is 12.6. The highest BCUT2D eigenvalue weighted by molar-refractivity contribution is 5.92. The van der Waals surface area contributed by atoms with E-state index in [0.29, 0.717) is 13.2 Å². The minimum atomic E-state index is -0.203. The standard InChI is InChI=1S/C25H22N2O2/c26-16-17-27(19-22-8-3-1-4-9-22)25(28)15-14-21-12-7-13-24(18-21)29-20-23-10-5-2-6-11-23/h1-15,18H,17,19-20H2/b15-14+. The molecule has 144 valence electrons. The van der Waals surface area contributed by atoms with E-state index in [1.54, 1.807) is 6.08 Å². The van der Waals surface area contributed by atoms with Crippen LogP contribution in [0.15, 0.2) is 91.0 Å². The molecule has 3 rings (SSSR count). The zero-order valence-corrected chi connectivity index (χ0v) is 16.1. The highest BCUT2D eigenvalue weighted by Crippen LogP contribution is 2.16. The van der Waals surface area contributed by atoms with Crippen LogP contribution in [0.2, 0.25) is 0 Å². The normalized spacial score (nSPS) is 10.4. The van der Waals surface area contributed by atoms with Gasteiger partial charge >= 0.3 is 0 Å². The molecule has 0 N–H and O–H groups in total. The van der Waals surface area contributed by atoms with Crippen molar-refractivity contribution in [1.82, 2.24) is 4.90 Å². The molecule has 3 aromatic carbocycles. The van der Waals surface area contributed by atoms with Crippen molar-refractivity contribution in [2.45, 2.75) is 13.2 Å². The quantitative estimate of drug-likeness (QED) is 0.414. The number of hydrogen-bond acceptors (Lipinski definition) is 3. The van der Waals surface area contributed by atoms with E-state index in [2.05, 4.69) is 6.07 Å².